The van der Waals surface area contributed by atoms with Gasteiger partial charge in [0.1, 0.15) is 5.54 Å². The van der Waals surface area contributed by atoms with Gasteiger partial charge in [0.25, 0.3) is 0 Å². The highest BCUT2D eigenvalue weighted by Gasteiger charge is 2.63. The first kappa shape index (κ1) is 22.6. The lowest BCUT2D eigenvalue weighted by molar-refractivity contribution is -0.171. The summed E-state index contributed by atoms with van der Waals surface area (Å²) in [7, 11) is 0. The molecule has 0 saturated heterocycles. The Morgan fingerprint density at radius 3 is 2.73 bits per heavy atom. The number of ether oxygens (including phenoxy) is 1. The number of pyridine rings is 1. The summed E-state index contributed by atoms with van der Waals surface area (Å²) in [6.07, 6.45) is 2.40. The Hall–Kier alpha value is -1.41. The summed E-state index contributed by atoms with van der Waals surface area (Å²) in [5, 5.41) is 11.3. The fourth-order valence-corrected chi connectivity index (χ4v) is 3.37. The van der Waals surface area contributed by atoms with Gasteiger partial charge in [-0.2, -0.15) is 0 Å². The number of halogens is 2. The number of amides is 1. The fraction of sp³-hybridized carbons (Fsp3) is 0.588. The predicted molar refractivity (Wildman–Crippen MR) is 105 cm³/mol. The van der Waals surface area contributed by atoms with E-state index in [0.717, 1.165) is 5.65 Å². The number of aromatic nitrogens is 3. The van der Waals surface area contributed by atoms with Gasteiger partial charge in [0.05, 0.1) is 12.1 Å². The molecular weight excluding hydrogens is 377 g/mol. The van der Waals surface area contributed by atoms with Gasteiger partial charge in [0.15, 0.2) is 11.5 Å². The van der Waals surface area contributed by atoms with Crippen LogP contribution in [0.25, 0.3) is 5.65 Å². The molecule has 0 bridgehead atoms. The van der Waals surface area contributed by atoms with Gasteiger partial charge in [0, 0.05) is 24.6 Å². The Bertz CT molecular complexity index is 766. The third-order valence-electron chi connectivity index (χ3n) is 5.31. The lowest BCUT2D eigenvalue weighted by Crippen LogP contribution is -2.75. The zero-order chi connectivity index (χ0) is 17.5. The highest BCUT2D eigenvalue weighted by atomic mass is 35.5. The zero-order valence-electron chi connectivity index (χ0n) is 15.4. The average Bonchev–Trinajstić information content (AvgIpc) is 2.98. The van der Waals surface area contributed by atoms with Crippen molar-refractivity contribution in [1.29, 1.82) is 0 Å². The number of fused-ring (bicyclic) bond motifs is 1. The van der Waals surface area contributed by atoms with Crippen LogP contribution in [0.4, 0.5) is 0 Å². The second kappa shape index (κ2) is 8.08. The normalized spacial score (nSPS) is 24.7. The molecule has 26 heavy (non-hydrogen) atoms. The molecule has 1 fully saturated rings. The topological polar surface area (TPSA) is 94.5 Å². The molecule has 1 aliphatic rings. The minimum absolute atomic E-state index is 0. The van der Waals surface area contributed by atoms with E-state index in [1.165, 1.54) is 0 Å². The van der Waals surface area contributed by atoms with Crippen LogP contribution in [-0.2, 0) is 9.53 Å². The van der Waals surface area contributed by atoms with Crippen LogP contribution < -0.4 is 11.1 Å². The van der Waals surface area contributed by atoms with E-state index < -0.39 is 11.0 Å². The second-order valence-corrected chi connectivity index (χ2v) is 7.02. The number of hydrogen-bond acceptors (Lipinski definition) is 5. The summed E-state index contributed by atoms with van der Waals surface area (Å²) in [4.78, 5) is 12.8. The second-order valence-electron chi connectivity index (χ2n) is 7.02. The van der Waals surface area contributed by atoms with Gasteiger partial charge in [-0.05, 0) is 26.0 Å². The Morgan fingerprint density at radius 1 is 1.42 bits per heavy atom. The summed E-state index contributed by atoms with van der Waals surface area (Å²) < 4.78 is 7.55. The molecule has 3 atom stereocenters. The van der Waals surface area contributed by atoms with Gasteiger partial charge in [0.2, 0.25) is 5.91 Å². The molecule has 3 rings (SSSR count). The summed E-state index contributed by atoms with van der Waals surface area (Å²) >= 11 is 0. The molecule has 9 heteroatoms. The SMILES string of the molecule is CCOC1CC(N)(C(=O)NC(C)c2nnc3ccccn23)C1(C)C.Cl.Cl. The first-order chi connectivity index (χ1) is 11.3. The lowest BCUT2D eigenvalue weighted by Gasteiger charge is -2.57. The Morgan fingerprint density at radius 2 is 2.12 bits per heavy atom. The molecule has 2 aromatic heterocycles. The average molecular weight is 404 g/mol. The molecule has 3 N–H and O–H groups in total. The number of rotatable bonds is 5. The van der Waals surface area contributed by atoms with E-state index in [-0.39, 0.29) is 42.9 Å². The Kier molecular flexibility index (Phi) is 7.04. The van der Waals surface area contributed by atoms with E-state index in [4.69, 9.17) is 10.5 Å². The van der Waals surface area contributed by atoms with Crippen molar-refractivity contribution in [2.45, 2.75) is 51.8 Å². The van der Waals surface area contributed by atoms with Crippen LogP contribution in [0.5, 0.6) is 0 Å². The third-order valence-corrected chi connectivity index (χ3v) is 5.31. The summed E-state index contributed by atoms with van der Waals surface area (Å²) in [5.74, 6) is 0.504. The maximum atomic E-state index is 12.8. The Balaban J connectivity index is 0.00000169. The molecule has 1 amide bonds. The van der Waals surface area contributed by atoms with Crippen molar-refractivity contribution in [2.24, 2.45) is 11.1 Å². The molecule has 0 radical (unpaired) electrons. The summed E-state index contributed by atoms with van der Waals surface area (Å²) in [6, 6.07) is 5.38. The van der Waals surface area contributed by atoms with Crippen LogP contribution in [0.15, 0.2) is 24.4 Å². The van der Waals surface area contributed by atoms with E-state index in [0.29, 0.717) is 18.9 Å². The van der Waals surface area contributed by atoms with Gasteiger partial charge < -0.3 is 15.8 Å². The minimum Gasteiger partial charge on any atom is -0.378 e. The van der Waals surface area contributed by atoms with Crippen molar-refractivity contribution < 1.29 is 9.53 Å². The highest BCUT2D eigenvalue weighted by molar-refractivity contribution is 5.89. The van der Waals surface area contributed by atoms with E-state index in [9.17, 15) is 4.79 Å². The maximum absolute atomic E-state index is 12.8. The number of nitrogens with one attached hydrogen (secondary N) is 1. The largest absolute Gasteiger partial charge is 0.378 e. The van der Waals surface area contributed by atoms with Crippen LogP contribution in [0, 0.1) is 5.41 Å². The highest BCUT2D eigenvalue weighted by Crippen LogP contribution is 2.50. The standard InChI is InChI=1S/C17H25N5O2.2ClH/c1-5-24-12-10-17(18,16(12,3)4)15(23)19-11(2)14-21-20-13-8-6-7-9-22(13)14;;/h6-9,11-12H,5,10,18H2,1-4H3,(H,19,23);2*1H. The Labute approximate surface area is 165 Å². The van der Waals surface area contributed by atoms with Crippen LogP contribution >= 0.6 is 24.8 Å². The molecule has 146 valence electrons. The number of nitrogens with zero attached hydrogens (tertiary/aromatic N) is 3. The van der Waals surface area contributed by atoms with Gasteiger partial charge in [-0.3, -0.25) is 9.20 Å². The third kappa shape index (κ3) is 3.41. The molecule has 0 spiro atoms. The molecule has 2 heterocycles. The van der Waals surface area contributed by atoms with Crippen molar-refractivity contribution in [3.8, 4) is 0 Å². The van der Waals surface area contributed by atoms with Crippen LogP contribution in [0.3, 0.4) is 0 Å². The van der Waals surface area contributed by atoms with Crippen molar-refractivity contribution >= 4 is 36.4 Å². The molecule has 1 saturated carbocycles. The number of carbonyl (C=O) groups is 1. The van der Waals surface area contributed by atoms with E-state index in [2.05, 4.69) is 15.5 Å². The van der Waals surface area contributed by atoms with E-state index >= 15 is 0 Å². The molecule has 7 nitrogen and oxygen atoms in total. The molecule has 0 aromatic carbocycles. The zero-order valence-corrected chi connectivity index (χ0v) is 17.1. The van der Waals surface area contributed by atoms with Gasteiger partial charge in [-0.1, -0.05) is 19.9 Å². The number of carbonyl (C=O) groups excluding carboxylic acids is 1. The van der Waals surface area contributed by atoms with Crippen molar-refractivity contribution in [3.05, 3.63) is 30.2 Å². The quantitative estimate of drug-likeness (QED) is 0.798. The van der Waals surface area contributed by atoms with Crippen molar-refractivity contribution in [3.63, 3.8) is 0 Å². The van der Waals surface area contributed by atoms with Crippen molar-refractivity contribution in [2.75, 3.05) is 6.61 Å². The predicted octanol–water partition coefficient (Wildman–Crippen LogP) is 2.28. The molecule has 1 aliphatic carbocycles. The first-order valence-electron chi connectivity index (χ1n) is 8.32. The number of nitrogens with two attached hydrogens (primary N) is 1. The smallest absolute Gasteiger partial charge is 0.241 e. The van der Waals surface area contributed by atoms with E-state index in [1.54, 1.807) is 0 Å². The maximum Gasteiger partial charge on any atom is 0.241 e. The summed E-state index contributed by atoms with van der Waals surface area (Å²) in [5.41, 5.74) is 5.81. The summed E-state index contributed by atoms with van der Waals surface area (Å²) in [6.45, 7) is 8.41. The van der Waals surface area contributed by atoms with Gasteiger partial charge in [-0.15, -0.1) is 35.0 Å². The molecule has 3 unspecified atom stereocenters. The fourth-order valence-electron chi connectivity index (χ4n) is 3.37. The molecule has 0 aliphatic heterocycles. The van der Waals surface area contributed by atoms with E-state index in [1.807, 2.05) is 56.5 Å². The minimum atomic E-state index is -0.943. The first-order valence-corrected chi connectivity index (χ1v) is 8.32. The van der Waals surface area contributed by atoms with Gasteiger partial charge in [-0.25, -0.2) is 0 Å². The monoisotopic (exact) mass is 403 g/mol. The van der Waals surface area contributed by atoms with Crippen molar-refractivity contribution in [1.82, 2.24) is 19.9 Å². The van der Waals surface area contributed by atoms with Crippen LogP contribution in [-0.4, -0.2) is 38.8 Å². The van der Waals surface area contributed by atoms with Crippen LogP contribution in [0.2, 0.25) is 0 Å². The molecular formula is C17H27Cl2N5O2. The molecule has 2 aromatic rings. The lowest BCUT2D eigenvalue weighted by atomic mass is 9.54. The van der Waals surface area contributed by atoms with Gasteiger partial charge >= 0.3 is 0 Å². The number of hydrogen-bond donors (Lipinski definition) is 2. The van der Waals surface area contributed by atoms with Crippen LogP contribution in [0.1, 0.15) is 46.0 Å².